The number of halogens is 4. The monoisotopic (exact) mass is 461 g/mol. The van der Waals surface area contributed by atoms with Gasteiger partial charge < -0.3 is 14.9 Å². The molecule has 2 aliphatic heterocycles. The Balaban J connectivity index is 1.62. The standard InChI is InChI=1S/C24H29F4N3O/c25-22-15-21(5-6-23(22)31-11-13-32-14-12-31)29-16-18-7-9-30(10-8-18)17-19-1-3-20(4-2-19)24(26,27)28/h1-6,15,18,29H,7-14,16-17H2/i5D,6D,7D2,9D2,15D,16D2/hD. The molecule has 0 aromatic heterocycles. The first-order valence-electron chi connectivity index (χ1n) is 15.1. The van der Waals surface area contributed by atoms with Gasteiger partial charge in [0.25, 0.3) is 0 Å². The maximum Gasteiger partial charge on any atom is 0.416 e. The predicted molar refractivity (Wildman–Crippen MR) is 117 cm³/mol. The van der Waals surface area contributed by atoms with E-state index in [0.717, 1.165) is 29.2 Å². The minimum atomic E-state index is -4.57. The fourth-order valence-corrected chi connectivity index (χ4v) is 3.39. The molecule has 174 valence electrons. The summed E-state index contributed by atoms with van der Waals surface area (Å²) in [5.41, 5.74) is -1.89. The molecule has 1 unspecified atom stereocenters. The van der Waals surface area contributed by atoms with Gasteiger partial charge in [0, 0.05) is 40.0 Å². The van der Waals surface area contributed by atoms with Crippen LogP contribution in [0.4, 0.5) is 28.9 Å². The van der Waals surface area contributed by atoms with E-state index in [2.05, 4.69) is 0 Å². The quantitative estimate of drug-likeness (QED) is 0.613. The number of likely N-dealkylation sites (tertiary alicyclic amines) is 1. The van der Waals surface area contributed by atoms with Gasteiger partial charge in [-0.2, -0.15) is 13.2 Å². The minimum absolute atomic E-state index is 0.0218. The zero-order chi connectivity index (χ0) is 31.4. The van der Waals surface area contributed by atoms with Crippen LogP contribution in [-0.2, 0) is 17.5 Å². The minimum Gasteiger partial charge on any atom is -0.385 e. The highest BCUT2D eigenvalue weighted by Crippen LogP contribution is 2.30. The first-order chi connectivity index (χ1) is 19.3. The van der Waals surface area contributed by atoms with E-state index in [1.54, 1.807) is 0 Å². The Morgan fingerprint density at radius 3 is 2.66 bits per heavy atom. The van der Waals surface area contributed by atoms with Crippen molar-refractivity contribution < 1.29 is 36.0 Å². The summed E-state index contributed by atoms with van der Waals surface area (Å²) in [7, 11) is 0. The van der Waals surface area contributed by atoms with Crippen LogP contribution in [0, 0.1) is 11.7 Å². The molecule has 0 spiro atoms. The predicted octanol–water partition coefficient (Wildman–Crippen LogP) is 5.01. The van der Waals surface area contributed by atoms with Gasteiger partial charge in [0.05, 0.1) is 28.6 Å². The van der Waals surface area contributed by atoms with Crippen molar-refractivity contribution in [1.82, 2.24) is 4.90 Å². The third-order valence-corrected chi connectivity index (χ3v) is 5.13. The molecule has 8 heteroatoms. The van der Waals surface area contributed by atoms with Gasteiger partial charge in [-0.05, 0) is 67.6 Å². The Morgan fingerprint density at radius 1 is 1.19 bits per heavy atom. The molecule has 4 nitrogen and oxygen atoms in total. The lowest BCUT2D eigenvalue weighted by atomic mass is 9.96. The van der Waals surface area contributed by atoms with Crippen molar-refractivity contribution >= 4 is 11.4 Å². The summed E-state index contributed by atoms with van der Waals surface area (Å²) < 4.78 is 144. The summed E-state index contributed by atoms with van der Waals surface area (Å²) in [5.74, 6) is -3.11. The average Bonchev–Trinajstić information content (AvgIpc) is 2.91. The van der Waals surface area contributed by atoms with Gasteiger partial charge >= 0.3 is 6.18 Å². The molecule has 0 bridgehead atoms. The molecule has 32 heavy (non-hydrogen) atoms. The number of hydrogen-bond donors (Lipinski definition) is 1. The second-order valence-electron chi connectivity index (χ2n) is 7.44. The van der Waals surface area contributed by atoms with E-state index < -0.39 is 66.7 Å². The molecule has 0 saturated carbocycles. The molecule has 0 aliphatic carbocycles. The van der Waals surface area contributed by atoms with Crippen molar-refractivity contribution in [3.63, 3.8) is 0 Å². The number of morpholine rings is 1. The highest BCUT2D eigenvalue weighted by atomic mass is 19.4. The van der Waals surface area contributed by atoms with Crippen LogP contribution in [0.3, 0.4) is 0 Å². The molecular weight excluding hydrogens is 422 g/mol. The highest BCUT2D eigenvalue weighted by Gasteiger charge is 2.30. The third-order valence-electron chi connectivity index (χ3n) is 5.13. The fraction of sp³-hybridized carbons (Fsp3) is 0.500. The number of benzene rings is 2. The number of alkyl halides is 3. The number of nitrogens with zero attached hydrogens (tertiary/aromatic N) is 2. The van der Waals surface area contributed by atoms with Crippen LogP contribution < -0.4 is 10.2 Å². The van der Waals surface area contributed by atoms with Crippen LogP contribution in [0.15, 0.2) is 42.4 Å². The number of ether oxygens (including phenoxy) is 1. The molecule has 0 amide bonds. The molecule has 2 heterocycles. The Morgan fingerprint density at radius 2 is 1.94 bits per heavy atom. The summed E-state index contributed by atoms with van der Waals surface area (Å²) in [6, 6.07) is 1.41. The van der Waals surface area contributed by atoms with Crippen LogP contribution in [0.1, 0.15) is 36.3 Å². The maximum absolute atomic E-state index is 15.4. The van der Waals surface area contributed by atoms with Crippen molar-refractivity contribution in [2.75, 3.05) is 56.1 Å². The molecule has 2 aromatic rings. The van der Waals surface area contributed by atoms with Gasteiger partial charge in [-0.1, -0.05) is 12.1 Å². The zero-order valence-corrected chi connectivity index (χ0v) is 17.1. The molecule has 1 atom stereocenters. The lowest BCUT2D eigenvalue weighted by molar-refractivity contribution is -0.137. The first kappa shape index (κ1) is 13.4. The molecule has 2 aliphatic rings. The van der Waals surface area contributed by atoms with E-state index in [1.165, 1.54) is 4.90 Å². The summed E-state index contributed by atoms with van der Waals surface area (Å²) in [5, 5.41) is -0.0218. The third kappa shape index (κ3) is 5.92. The second-order valence-corrected chi connectivity index (χ2v) is 7.44. The smallest absolute Gasteiger partial charge is 0.385 e. The normalized spacial score (nSPS) is 28.5. The number of nitrogens with one attached hydrogen (secondary N) is 1. The summed E-state index contributed by atoms with van der Waals surface area (Å²) in [6.07, 6.45) is -7.93. The molecule has 2 fully saturated rings. The first-order valence-corrected chi connectivity index (χ1v) is 10.2. The number of anilines is 2. The summed E-state index contributed by atoms with van der Waals surface area (Å²) in [6.45, 7) is -5.66. The van der Waals surface area contributed by atoms with E-state index in [0.29, 0.717) is 0 Å². The summed E-state index contributed by atoms with van der Waals surface area (Å²) in [4.78, 5) is 2.45. The number of piperidine rings is 1. The average molecular weight is 462 g/mol. The zero-order valence-electron chi connectivity index (χ0n) is 27.1. The summed E-state index contributed by atoms with van der Waals surface area (Å²) >= 11 is 0. The van der Waals surface area contributed by atoms with E-state index in [1.807, 2.05) is 0 Å². The Labute approximate surface area is 200 Å². The fourth-order valence-electron chi connectivity index (χ4n) is 3.39. The maximum atomic E-state index is 15.4. The van der Waals surface area contributed by atoms with Crippen LogP contribution in [0.5, 0.6) is 0 Å². The second kappa shape index (κ2) is 10.1. The van der Waals surface area contributed by atoms with Crippen LogP contribution in [0.25, 0.3) is 0 Å². The topological polar surface area (TPSA) is 27.7 Å². The van der Waals surface area contributed by atoms with E-state index in [-0.39, 0.29) is 62.4 Å². The van der Waals surface area contributed by atoms with Crippen LogP contribution in [0.2, 0.25) is 1.41 Å². The van der Waals surface area contributed by atoms with Gasteiger partial charge in [-0.3, -0.25) is 4.90 Å². The SMILES string of the molecule is [2H]c1c([2H])c(N([2H])C([2H])([2H])C2CCN(Cc3ccc(C(F)(F)F)cc3)C([2H])([2H])C2([2H])[2H])c([2H])c(F)c1N1CCOCC1. The van der Waals surface area contributed by atoms with Crippen molar-refractivity contribution in [1.29, 1.82) is 0 Å². The van der Waals surface area contributed by atoms with Crippen LogP contribution >= 0.6 is 0 Å². The molecule has 0 radical (unpaired) electrons. The Hall–Kier alpha value is -2.32. The largest absolute Gasteiger partial charge is 0.416 e. The lowest BCUT2D eigenvalue weighted by Crippen LogP contribution is -2.36. The van der Waals surface area contributed by atoms with E-state index >= 15 is 4.39 Å². The molecule has 1 N–H and O–H groups in total. The number of rotatable bonds is 6. The van der Waals surface area contributed by atoms with Gasteiger partial charge in [0.15, 0.2) is 1.41 Å². The Bertz CT molecular complexity index is 1280. The Kier molecular flexibility index (Phi) is 4.22. The van der Waals surface area contributed by atoms with Gasteiger partial charge in [0.2, 0.25) is 0 Å². The van der Waals surface area contributed by atoms with Gasteiger partial charge in [0.1, 0.15) is 5.82 Å². The van der Waals surface area contributed by atoms with E-state index in [9.17, 15) is 13.2 Å². The van der Waals surface area contributed by atoms with Crippen molar-refractivity contribution in [3.05, 3.63) is 59.3 Å². The van der Waals surface area contributed by atoms with E-state index in [4.69, 9.17) is 18.5 Å². The number of hydrogen-bond acceptors (Lipinski definition) is 4. The molecular formula is C24H29F4N3O. The van der Waals surface area contributed by atoms with Crippen molar-refractivity contribution in [2.45, 2.75) is 25.5 Å². The van der Waals surface area contributed by atoms with Crippen molar-refractivity contribution in [2.24, 2.45) is 5.92 Å². The molecule has 2 saturated heterocycles. The highest BCUT2D eigenvalue weighted by molar-refractivity contribution is 5.56. The van der Waals surface area contributed by atoms with Gasteiger partial charge in [-0.15, -0.1) is 0 Å². The lowest BCUT2D eigenvalue weighted by Gasteiger charge is -2.32. The molecule has 2 aromatic carbocycles. The van der Waals surface area contributed by atoms with Gasteiger partial charge in [-0.25, -0.2) is 4.39 Å². The van der Waals surface area contributed by atoms with Crippen LogP contribution in [-0.4, -0.2) is 50.7 Å². The molecule has 4 rings (SSSR count). The van der Waals surface area contributed by atoms with Crippen molar-refractivity contribution in [3.8, 4) is 0 Å².